The zero-order valence-electron chi connectivity index (χ0n) is 9.89. The third-order valence-electron chi connectivity index (χ3n) is 2.50. The number of aromatic amines is 1. The number of halogens is 2. The number of hydrogen-bond donors (Lipinski definition) is 3. The number of nitrogens with one attached hydrogen (secondary N) is 2. The number of fused-ring (bicyclic) bond motifs is 1. The number of hydrogen-bond acceptors (Lipinski definition) is 6. The first-order valence-corrected chi connectivity index (χ1v) is 6.29. The summed E-state index contributed by atoms with van der Waals surface area (Å²) in [7, 11) is 0. The smallest absolute Gasteiger partial charge is 0.240 e. The van der Waals surface area contributed by atoms with E-state index in [2.05, 4.69) is 25.6 Å². The maximum absolute atomic E-state index is 13.7. The molecule has 0 saturated carbocycles. The van der Waals surface area contributed by atoms with Crippen molar-refractivity contribution >= 4 is 28.7 Å². The molecule has 0 atom stereocenters. The molecule has 20 heavy (non-hydrogen) atoms. The molecule has 0 spiro atoms. The van der Waals surface area contributed by atoms with Gasteiger partial charge in [0.05, 0.1) is 16.5 Å². The van der Waals surface area contributed by atoms with E-state index in [-0.39, 0.29) is 10.8 Å². The van der Waals surface area contributed by atoms with Gasteiger partial charge in [-0.15, -0.1) is 0 Å². The van der Waals surface area contributed by atoms with Gasteiger partial charge in [0.25, 0.3) is 0 Å². The van der Waals surface area contributed by atoms with Gasteiger partial charge in [-0.3, -0.25) is 10.5 Å². The zero-order chi connectivity index (χ0) is 14.1. The van der Waals surface area contributed by atoms with Gasteiger partial charge in [-0.05, 0) is 18.2 Å². The van der Waals surface area contributed by atoms with E-state index in [1.807, 2.05) is 0 Å². The number of rotatable bonds is 3. The van der Waals surface area contributed by atoms with Crippen molar-refractivity contribution in [1.82, 2.24) is 20.2 Å². The molecule has 102 valence electrons. The Morgan fingerprint density at radius 1 is 1.25 bits per heavy atom. The molecule has 2 heterocycles. The molecule has 0 aliphatic heterocycles. The number of nitrogens with two attached hydrogens (primary N) is 1. The zero-order valence-corrected chi connectivity index (χ0v) is 10.7. The summed E-state index contributed by atoms with van der Waals surface area (Å²) in [5.41, 5.74) is 2.76. The van der Waals surface area contributed by atoms with Crippen LogP contribution in [0.25, 0.3) is 11.0 Å². The van der Waals surface area contributed by atoms with Crippen molar-refractivity contribution in [1.29, 1.82) is 0 Å². The summed E-state index contributed by atoms with van der Waals surface area (Å²) in [4.78, 5) is 8.29. The minimum atomic E-state index is -0.533. The summed E-state index contributed by atoms with van der Waals surface area (Å²) < 4.78 is 26.9. The molecule has 0 fully saturated rings. The van der Waals surface area contributed by atoms with Gasteiger partial charge in [-0.1, -0.05) is 11.8 Å². The van der Waals surface area contributed by atoms with Gasteiger partial charge in [-0.2, -0.15) is 10.1 Å². The summed E-state index contributed by atoms with van der Waals surface area (Å²) in [5, 5.41) is 7.52. The number of nitrogens with zero attached hydrogens (tertiary/aromatic N) is 3. The van der Waals surface area contributed by atoms with Crippen LogP contribution in [0.15, 0.2) is 34.3 Å². The Morgan fingerprint density at radius 3 is 2.90 bits per heavy atom. The molecule has 4 N–H and O–H groups in total. The molecule has 2 aromatic heterocycles. The highest BCUT2D eigenvalue weighted by Gasteiger charge is 2.13. The van der Waals surface area contributed by atoms with Crippen molar-refractivity contribution in [3.8, 4) is 0 Å². The van der Waals surface area contributed by atoms with Crippen molar-refractivity contribution in [2.75, 3.05) is 5.43 Å². The van der Waals surface area contributed by atoms with Gasteiger partial charge < -0.3 is 0 Å². The predicted octanol–water partition coefficient (Wildman–Crippen LogP) is 2.07. The standard InChI is InChI=1S/C11H8F2N6S/c12-5-1-2-7(13)8(3-5)20-10-6-4-15-19-9(6)16-11(17-10)18-14/h1-4H,14H2,(H2,15,16,17,18,19). The Labute approximate surface area is 115 Å². The van der Waals surface area contributed by atoms with Crippen LogP contribution in [-0.2, 0) is 0 Å². The van der Waals surface area contributed by atoms with Gasteiger partial charge in [0.1, 0.15) is 16.7 Å². The first-order chi connectivity index (χ1) is 9.67. The average molecular weight is 294 g/mol. The highest BCUT2D eigenvalue weighted by molar-refractivity contribution is 7.99. The highest BCUT2D eigenvalue weighted by atomic mass is 32.2. The molecule has 0 bridgehead atoms. The lowest BCUT2D eigenvalue weighted by atomic mass is 10.3. The maximum Gasteiger partial charge on any atom is 0.240 e. The van der Waals surface area contributed by atoms with Crippen molar-refractivity contribution in [3.05, 3.63) is 36.0 Å². The molecular formula is C11H8F2N6S. The second-order valence-corrected chi connectivity index (χ2v) is 4.84. The fourth-order valence-electron chi connectivity index (χ4n) is 1.61. The maximum atomic E-state index is 13.7. The second kappa shape index (κ2) is 5.02. The number of anilines is 1. The molecule has 0 saturated heterocycles. The van der Waals surface area contributed by atoms with E-state index in [4.69, 9.17) is 5.84 Å². The molecule has 3 rings (SSSR count). The SMILES string of the molecule is NNc1nc(Sc2cc(F)ccc2F)c2cn[nH]c2n1. The van der Waals surface area contributed by atoms with Crippen LogP contribution >= 0.6 is 11.8 Å². The van der Waals surface area contributed by atoms with Crippen LogP contribution in [-0.4, -0.2) is 20.2 Å². The molecule has 0 radical (unpaired) electrons. The molecular weight excluding hydrogens is 286 g/mol. The summed E-state index contributed by atoms with van der Waals surface area (Å²) in [6, 6.07) is 3.22. The van der Waals surface area contributed by atoms with Crippen LogP contribution in [0.5, 0.6) is 0 Å². The Morgan fingerprint density at radius 2 is 2.10 bits per heavy atom. The molecule has 1 aromatic carbocycles. The average Bonchev–Trinajstić information content (AvgIpc) is 2.91. The van der Waals surface area contributed by atoms with Gasteiger partial charge in [0.15, 0.2) is 5.65 Å². The van der Waals surface area contributed by atoms with Crippen molar-refractivity contribution in [2.24, 2.45) is 5.84 Å². The number of H-pyrrole nitrogens is 1. The number of benzene rings is 1. The summed E-state index contributed by atoms with van der Waals surface area (Å²) in [6.07, 6.45) is 1.51. The number of aromatic nitrogens is 4. The van der Waals surface area contributed by atoms with Crippen molar-refractivity contribution in [2.45, 2.75) is 9.92 Å². The largest absolute Gasteiger partial charge is 0.292 e. The topological polar surface area (TPSA) is 92.5 Å². The Balaban J connectivity index is 2.09. The van der Waals surface area contributed by atoms with Gasteiger partial charge in [-0.25, -0.2) is 19.6 Å². The van der Waals surface area contributed by atoms with Crippen LogP contribution in [0.1, 0.15) is 0 Å². The van der Waals surface area contributed by atoms with E-state index >= 15 is 0 Å². The van der Waals surface area contributed by atoms with Gasteiger partial charge >= 0.3 is 0 Å². The Hall–Kier alpha value is -2.26. The van der Waals surface area contributed by atoms with Crippen LogP contribution in [0.4, 0.5) is 14.7 Å². The van der Waals surface area contributed by atoms with Crippen molar-refractivity contribution < 1.29 is 8.78 Å². The summed E-state index contributed by atoms with van der Waals surface area (Å²) in [6.45, 7) is 0. The van der Waals surface area contributed by atoms with E-state index < -0.39 is 11.6 Å². The van der Waals surface area contributed by atoms with Crippen LogP contribution in [0, 0.1) is 11.6 Å². The molecule has 9 heteroatoms. The monoisotopic (exact) mass is 294 g/mol. The third-order valence-corrected chi connectivity index (χ3v) is 3.54. The van der Waals surface area contributed by atoms with E-state index in [1.54, 1.807) is 0 Å². The molecule has 6 nitrogen and oxygen atoms in total. The Kier molecular flexibility index (Phi) is 3.20. The van der Waals surface area contributed by atoms with E-state index in [1.165, 1.54) is 6.20 Å². The molecule has 0 aliphatic rings. The lowest BCUT2D eigenvalue weighted by Crippen LogP contribution is -2.10. The Bertz CT molecular complexity index is 775. The first-order valence-electron chi connectivity index (χ1n) is 5.48. The molecule has 0 amide bonds. The second-order valence-electron chi connectivity index (χ2n) is 3.81. The minimum absolute atomic E-state index is 0.120. The number of nitrogen functional groups attached to an aromatic ring is 1. The van der Waals surface area contributed by atoms with Gasteiger partial charge in [0.2, 0.25) is 5.95 Å². The van der Waals surface area contributed by atoms with Crippen LogP contribution < -0.4 is 11.3 Å². The van der Waals surface area contributed by atoms with Crippen molar-refractivity contribution in [3.63, 3.8) is 0 Å². The van der Waals surface area contributed by atoms with E-state index in [0.717, 1.165) is 30.0 Å². The lowest BCUT2D eigenvalue weighted by molar-refractivity contribution is 0.577. The third kappa shape index (κ3) is 2.28. The van der Waals surface area contributed by atoms with Crippen LogP contribution in [0.2, 0.25) is 0 Å². The van der Waals surface area contributed by atoms with Gasteiger partial charge in [0, 0.05) is 0 Å². The van der Waals surface area contributed by atoms with E-state index in [0.29, 0.717) is 16.1 Å². The van der Waals surface area contributed by atoms with Crippen LogP contribution in [0.3, 0.4) is 0 Å². The summed E-state index contributed by atoms with van der Waals surface area (Å²) >= 11 is 0.970. The highest BCUT2D eigenvalue weighted by Crippen LogP contribution is 2.33. The lowest BCUT2D eigenvalue weighted by Gasteiger charge is -2.05. The molecule has 3 aromatic rings. The number of hydrazine groups is 1. The minimum Gasteiger partial charge on any atom is -0.292 e. The predicted molar refractivity (Wildman–Crippen MR) is 70.0 cm³/mol. The first kappa shape index (κ1) is 12.8. The fourth-order valence-corrected chi connectivity index (χ4v) is 2.55. The molecule has 0 aliphatic carbocycles. The summed E-state index contributed by atoms with van der Waals surface area (Å²) in [5.74, 6) is 4.37. The normalized spacial score (nSPS) is 10.9. The molecule has 0 unspecified atom stereocenters. The quantitative estimate of drug-likeness (QED) is 0.389. The van der Waals surface area contributed by atoms with E-state index in [9.17, 15) is 8.78 Å². The fraction of sp³-hybridized carbons (Fsp3) is 0.